The van der Waals surface area contributed by atoms with E-state index in [2.05, 4.69) is 20.4 Å². The maximum Gasteiger partial charge on any atom is 0.255 e. The summed E-state index contributed by atoms with van der Waals surface area (Å²) < 4.78 is 12.2. The van der Waals surface area contributed by atoms with Crippen LogP contribution < -0.4 is 5.32 Å². The van der Waals surface area contributed by atoms with Crippen molar-refractivity contribution in [3.8, 4) is 17.4 Å². The first-order valence-corrected chi connectivity index (χ1v) is 10.2. The quantitative estimate of drug-likeness (QED) is 0.511. The number of rotatable bonds is 10. The molecule has 0 saturated heterocycles. The van der Waals surface area contributed by atoms with Crippen molar-refractivity contribution in [2.45, 2.75) is 58.3 Å². The number of carbonyl (C=O) groups excluding carboxylic acids is 1. The van der Waals surface area contributed by atoms with Crippen molar-refractivity contribution in [2.24, 2.45) is 0 Å². The Morgan fingerprint density at radius 3 is 2.87 bits per heavy atom. The van der Waals surface area contributed by atoms with Gasteiger partial charge < -0.3 is 19.6 Å². The summed E-state index contributed by atoms with van der Waals surface area (Å²) in [6.07, 6.45) is 6.93. The third kappa shape index (κ3) is 5.99. The first-order chi connectivity index (χ1) is 14.8. The van der Waals surface area contributed by atoms with E-state index in [1.165, 1.54) is 10.9 Å². The summed E-state index contributed by atoms with van der Waals surface area (Å²) >= 11 is 0. The Morgan fingerprint density at radius 1 is 1.39 bits per heavy atom. The lowest BCUT2D eigenvalue weighted by Crippen LogP contribution is -2.33. The summed E-state index contributed by atoms with van der Waals surface area (Å²) in [5, 5.41) is 17.2. The fourth-order valence-corrected chi connectivity index (χ4v) is 3.24. The van der Waals surface area contributed by atoms with Crippen LogP contribution in [0.1, 0.15) is 56.1 Å². The maximum absolute atomic E-state index is 12.9. The van der Waals surface area contributed by atoms with Crippen LogP contribution in [0.2, 0.25) is 0 Å². The SMILES string of the molecule is COCc1c(C(=O)N[C@H](C)CCCC(C)(C)O)cnn1-c1nccc(-c2ccco2)n1. The molecule has 166 valence electrons. The number of carbonyl (C=O) groups is 1. The molecule has 2 N–H and O–H groups in total. The Balaban J connectivity index is 1.77. The van der Waals surface area contributed by atoms with Crippen molar-refractivity contribution in [1.82, 2.24) is 25.1 Å². The van der Waals surface area contributed by atoms with E-state index in [1.807, 2.05) is 13.0 Å². The summed E-state index contributed by atoms with van der Waals surface area (Å²) in [5.74, 6) is 0.691. The molecule has 0 spiro atoms. The molecular weight excluding hydrogens is 398 g/mol. The smallest absolute Gasteiger partial charge is 0.255 e. The van der Waals surface area contributed by atoms with Crippen molar-refractivity contribution >= 4 is 5.91 Å². The molecular formula is C22H29N5O4. The Labute approximate surface area is 181 Å². The molecule has 31 heavy (non-hydrogen) atoms. The molecule has 0 unspecified atom stereocenters. The van der Waals surface area contributed by atoms with Crippen molar-refractivity contribution < 1.29 is 19.1 Å². The zero-order valence-electron chi connectivity index (χ0n) is 18.3. The third-order valence-corrected chi connectivity index (χ3v) is 4.80. The third-order valence-electron chi connectivity index (χ3n) is 4.80. The molecule has 0 saturated carbocycles. The number of methoxy groups -OCH3 is 1. The van der Waals surface area contributed by atoms with Crippen molar-refractivity contribution in [3.05, 3.63) is 48.1 Å². The highest BCUT2D eigenvalue weighted by atomic mass is 16.5. The van der Waals surface area contributed by atoms with E-state index in [0.29, 0.717) is 35.1 Å². The number of ether oxygens (including phenoxy) is 1. The molecule has 9 nitrogen and oxygen atoms in total. The van der Waals surface area contributed by atoms with Gasteiger partial charge in [-0.3, -0.25) is 4.79 Å². The largest absolute Gasteiger partial charge is 0.463 e. The lowest BCUT2D eigenvalue weighted by atomic mass is 9.99. The summed E-state index contributed by atoms with van der Waals surface area (Å²) in [4.78, 5) is 21.7. The molecule has 9 heteroatoms. The second-order valence-electron chi connectivity index (χ2n) is 8.15. The summed E-state index contributed by atoms with van der Waals surface area (Å²) in [6, 6.07) is 5.29. The average Bonchev–Trinajstić information content (AvgIpc) is 3.38. The second kappa shape index (κ2) is 9.84. The number of hydrogen-bond donors (Lipinski definition) is 2. The molecule has 0 aromatic carbocycles. The van der Waals surface area contributed by atoms with Gasteiger partial charge in [0.1, 0.15) is 5.69 Å². The highest BCUT2D eigenvalue weighted by Gasteiger charge is 2.22. The van der Waals surface area contributed by atoms with Gasteiger partial charge in [-0.15, -0.1) is 0 Å². The molecule has 3 rings (SSSR count). The van der Waals surface area contributed by atoms with Crippen LogP contribution in [0.4, 0.5) is 0 Å². The van der Waals surface area contributed by atoms with Crippen LogP contribution in [0.5, 0.6) is 0 Å². The lowest BCUT2D eigenvalue weighted by Gasteiger charge is -2.19. The molecule has 0 aliphatic carbocycles. The number of aromatic nitrogens is 4. The number of furan rings is 1. The van der Waals surface area contributed by atoms with Crippen molar-refractivity contribution in [1.29, 1.82) is 0 Å². The highest BCUT2D eigenvalue weighted by molar-refractivity contribution is 5.95. The Morgan fingerprint density at radius 2 is 2.19 bits per heavy atom. The molecule has 1 atom stereocenters. The monoisotopic (exact) mass is 427 g/mol. The fraction of sp³-hybridized carbons (Fsp3) is 0.455. The molecule has 3 heterocycles. The van der Waals surface area contributed by atoms with E-state index < -0.39 is 5.60 Å². The standard InChI is InChI=1S/C22H29N5O4/c1-15(7-5-10-22(2,3)29)25-20(28)16-13-24-27(18(16)14-30-4)21-23-11-9-17(26-21)19-8-6-12-31-19/h6,8-9,11-13,15,29H,5,7,10,14H2,1-4H3,(H,25,28)/t15-/m1/s1. The average molecular weight is 428 g/mol. The first kappa shape index (κ1) is 22.6. The van der Waals surface area contributed by atoms with E-state index in [-0.39, 0.29) is 18.6 Å². The number of hydrogen-bond acceptors (Lipinski definition) is 7. The normalized spacial score (nSPS) is 12.7. The van der Waals surface area contributed by atoms with Gasteiger partial charge in [-0.25, -0.2) is 9.97 Å². The predicted molar refractivity (Wildman–Crippen MR) is 115 cm³/mol. The molecule has 0 fully saturated rings. The van der Waals surface area contributed by atoms with Crippen LogP contribution in [0.25, 0.3) is 17.4 Å². The predicted octanol–water partition coefficient (Wildman–Crippen LogP) is 3.13. The van der Waals surface area contributed by atoms with Gasteiger partial charge in [0.05, 0.1) is 35.9 Å². The van der Waals surface area contributed by atoms with Crippen LogP contribution in [-0.2, 0) is 11.3 Å². The van der Waals surface area contributed by atoms with Crippen LogP contribution in [-0.4, -0.2) is 49.5 Å². The fourth-order valence-electron chi connectivity index (χ4n) is 3.24. The van der Waals surface area contributed by atoms with Crippen molar-refractivity contribution in [2.75, 3.05) is 7.11 Å². The molecule has 0 aliphatic rings. The van der Waals surface area contributed by atoms with E-state index in [4.69, 9.17) is 9.15 Å². The van der Waals surface area contributed by atoms with Gasteiger partial charge in [-0.2, -0.15) is 9.78 Å². The zero-order valence-corrected chi connectivity index (χ0v) is 18.3. The number of nitrogens with zero attached hydrogens (tertiary/aromatic N) is 4. The van der Waals surface area contributed by atoms with Gasteiger partial charge >= 0.3 is 0 Å². The van der Waals surface area contributed by atoms with E-state index in [0.717, 1.165) is 12.8 Å². The van der Waals surface area contributed by atoms with E-state index >= 15 is 0 Å². The summed E-state index contributed by atoms with van der Waals surface area (Å²) in [6.45, 7) is 5.68. The number of nitrogens with one attached hydrogen (secondary N) is 1. The Hall–Kier alpha value is -3.04. The van der Waals surface area contributed by atoms with Crippen LogP contribution in [0, 0.1) is 0 Å². The Kier molecular flexibility index (Phi) is 7.19. The lowest BCUT2D eigenvalue weighted by molar-refractivity contribution is 0.0674. The van der Waals surface area contributed by atoms with Gasteiger partial charge in [0, 0.05) is 19.3 Å². The number of aliphatic hydroxyl groups is 1. The van der Waals surface area contributed by atoms with Crippen LogP contribution in [0.15, 0.2) is 41.3 Å². The topological polar surface area (TPSA) is 115 Å². The van der Waals surface area contributed by atoms with E-state index in [9.17, 15) is 9.90 Å². The van der Waals surface area contributed by atoms with Gasteiger partial charge in [0.25, 0.3) is 11.9 Å². The van der Waals surface area contributed by atoms with Gasteiger partial charge in [-0.05, 0) is 58.2 Å². The molecule has 0 bridgehead atoms. The molecule has 1 amide bonds. The summed E-state index contributed by atoms with van der Waals surface area (Å²) in [5.41, 5.74) is 0.865. The molecule has 0 radical (unpaired) electrons. The van der Waals surface area contributed by atoms with Crippen LogP contribution >= 0.6 is 0 Å². The van der Waals surface area contributed by atoms with Gasteiger partial charge in [0.15, 0.2) is 5.76 Å². The van der Waals surface area contributed by atoms with Crippen molar-refractivity contribution in [3.63, 3.8) is 0 Å². The van der Waals surface area contributed by atoms with Gasteiger partial charge in [0.2, 0.25) is 0 Å². The number of amides is 1. The molecule has 0 aliphatic heterocycles. The zero-order chi connectivity index (χ0) is 22.4. The second-order valence-corrected chi connectivity index (χ2v) is 8.15. The highest BCUT2D eigenvalue weighted by Crippen LogP contribution is 2.20. The Bertz CT molecular complexity index is 992. The van der Waals surface area contributed by atoms with Crippen LogP contribution in [0.3, 0.4) is 0 Å². The minimum absolute atomic E-state index is 0.0490. The first-order valence-electron chi connectivity index (χ1n) is 10.2. The molecule has 3 aromatic heterocycles. The minimum Gasteiger partial charge on any atom is -0.463 e. The maximum atomic E-state index is 12.9. The van der Waals surface area contributed by atoms with E-state index in [1.54, 1.807) is 45.6 Å². The van der Waals surface area contributed by atoms with Gasteiger partial charge in [-0.1, -0.05) is 0 Å². The summed E-state index contributed by atoms with van der Waals surface area (Å²) in [7, 11) is 1.55. The minimum atomic E-state index is -0.708. The molecule has 3 aromatic rings.